The predicted octanol–water partition coefficient (Wildman–Crippen LogP) is 3.16. The molecular weight excluding hydrogens is 374 g/mol. The van der Waals surface area contributed by atoms with Gasteiger partial charge in [0.1, 0.15) is 22.7 Å². The Morgan fingerprint density at radius 1 is 1.22 bits per heavy atom. The van der Waals surface area contributed by atoms with Gasteiger partial charge >= 0.3 is 0 Å². The number of aromatic nitrogens is 2. The first-order valence-electron chi connectivity index (χ1n) is 8.83. The number of nitrogens with one attached hydrogen (secondary N) is 2. The first-order valence-corrected chi connectivity index (χ1v) is 9.65. The molecule has 0 aliphatic heterocycles. The van der Waals surface area contributed by atoms with Crippen LogP contribution in [-0.2, 0) is 16.0 Å². The zero-order valence-electron chi connectivity index (χ0n) is 14.8. The Morgan fingerprint density at radius 3 is 2.52 bits per heavy atom. The monoisotopic (exact) mass is 394 g/mol. The largest absolute Gasteiger partial charge is 0.344 e. The van der Waals surface area contributed by atoms with Gasteiger partial charge in [-0.2, -0.15) is 0 Å². The molecule has 1 atom stereocenters. The Hall–Kier alpha value is -2.42. The number of halogens is 2. The van der Waals surface area contributed by atoms with Crippen LogP contribution in [0.25, 0.3) is 0 Å². The van der Waals surface area contributed by atoms with E-state index in [2.05, 4.69) is 20.8 Å². The molecule has 1 aliphatic carbocycles. The highest BCUT2D eigenvalue weighted by molar-refractivity contribution is 7.15. The van der Waals surface area contributed by atoms with Crippen molar-refractivity contribution >= 4 is 28.3 Å². The Kier molecular flexibility index (Phi) is 6.10. The fraction of sp³-hybridized carbons (Fsp3) is 0.444. The fourth-order valence-corrected chi connectivity index (χ4v) is 3.71. The lowest BCUT2D eigenvalue weighted by atomic mass is 9.86. The van der Waals surface area contributed by atoms with Crippen LogP contribution in [0.5, 0.6) is 0 Å². The van der Waals surface area contributed by atoms with Crippen molar-refractivity contribution in [3.05, 3.63) is 40.4 Å². The van der Waals surface area contributed by atoms with E-state index < -0.39 is 29.5 Å². The summed E-state index contributed by atoms with van der Waals surface area (Å²) >= 11 is 1.35. The van der Waals surface area contributed by atoms with Gasteiger partial charge in [-0.1, -0.05) is 24.7 Å². The Labute approximate surface area is 159 Å². The minimum absolute atomic E-state index is 0.203. The molecule has 3 rings (SSSR count). The summed E-state index contributed by atoms with van der Waals surface area (Å²) < 4.78 is 26.4. The van der Waals surface area contributed by atoms with Crippen LogP contribution in [0.4, 0.5) is 13.9 Å². The Balaban J connectivity index is 1.56. The third-order valence-electron chi connectivity index (χ3n) is 4.47. The highest BCUT2D eigenvalue weighted by Gasteiger charge is 2.25. The van der Waals surface area contributed by atoms with Gasteiger partial charge < -0.3 is 5.32 Å². The molecule has 0 saturated heterocycles. The third kappa shape index (κ3) is 5.06. The number of carbonyl (C=O) groups excluding carboxylic acids is 2. The van der Waals surface area contributed by atoms with Crippen molar-refractivity contribution in [2.24, 2.45) is 0 Å². The van der Waals surface area contributed by atoms with Crippen LogP contribution in [0.3, 0.4) is 0 Å². The van der Waals surface area contributed by atoms with Crippen molar-refractivity contribution in [1.82, 2.24) is 15.5 Å². The van der Waals surface area contributed by atoms with E-state index in [9.17, 15) is 18.4 Å². The maximum Gasteiger partial charge on any atom is 0.248 e. The van der Waals surface area contributed by atoms with Crippen molar-refractivity contribution in [1.29, 1.82) is 0 Å². The highest BCUT2D eigenvalue weighted by Crippen LogP contribution is 2.38. The van der Waals surface area contributed by atoms with Crippen LogP contribution in [0, 0.1) is 11.6 Å². The number of rotatable bonds is 7. The number of hydrogen-bond donors (Lipinski definition) is 2. The molecule has 2 aromatic rings. The molecule has 1 aliphatic rings. The van der Waals surface area contributed by atoms with Gasteiger partial charge in [0.25, 0.3) is 0 Å². The SMILES string of the molecule is CCC(NC(=O)Cc1cc(F)cc(F)c1)C(=O)Nc1nnc(C2CCC2)s1. The normalized spacial score (nSPS) is 15.1. The maximum atomic E-state index is 13.2. The number of nitrogens with zero attached hydrogens (tertiary/aromatic N) is 2. The number of benzene rings is 1. The van der Waals surface area contributed by atoms with E-state index in [1.54, 1.807) is 6.92 Å². The van der Waals surface area contributed by atoms with Crippen molar-refractivity contribution < 1.29 is 18.4 Å². The van der Waals surface area contributed by atoms with E-state index in [1.165, 1.54) is 17.8 Å². The van der Waals surface area contributed by atoms with Crippen LogP contribution in [0.1, 0.15) is 49.1 Å². The molecule has 27 heavy (non-hydrogen) atoms. The minimum atomic E-state index is -0.771. The van der Waals surface area contributed by atoms with E-state index in [4.69, 9.17) is 0 Å². The number of carbonyl (C=O) groups is 2. The van der Waals surface area contributed by atoms with Crippen molar-refractivity contribution in [2.45, 2.75) is 51.0 Å². The molecule has 2 amide bonds. The van der Waals surface area contributed by atoms with Crippen molar-refractivity contribution in [2.75, 3.05) is 5.32 Å². The second-order valence-electron chi connectivity index (χ2n) is 6.55. The molecule has 1 aromatic heterocycles. The minimum Gasteiger partial charge on any atom is -0.344 e. The average Bonchev–Trinajstić information content (AvgIpc) is 2.97. The first kappa shape index (κ1) is 19.3. The molecule has 1 aromatic carbocycles. The predicted molar refractivity (Wildman–Crippen MR) is 97.4 cm³/mol. The molecule has 9 heteroatoms. The van der Waals surface area contributed by atoms with Gasteiger partial charge in [-0.05, 0) is 37.0 Å². The average molecular weight is 394 g/mol. The molecular formula is C18H20F2N4O2S. The number of hydrogen-bond acceptors (Lipinski definition) is 5. The van der Waals surface area contributed by atoms with Crippen LogP contribution in [0.2, 0.25) is 0 Å². The van der Waals surface area contributed by atoms with Gasteiger partial charge in [0, 0.05) is 12.0 Å². The highest BCUT2D eigenvalue weighted by atomic mass is 32.1. The summed E-state index contributed by atoms with van der Waals surface area (Å²) in [5.41, 5.74) is 0.203. The summed E-state index contributed by atoms with van der Waals surface area (Å²) in [6, 6.07) is 2.15. The second-order valence-corrected chi connectivity index (χ2v) is 7.55. The molecule has 2 N–H and O–H groups in total. The van der Waals surface area contributed by atoms with E-state index in [-0.39, 0.29) is 12.0 Å². The lowest BCUT2D eigenvalue weighted by Crippen LogP contribution is -2.44. The van der Waals surface area contributed by atoms with Crippen LogP contribution >= 0.6 is 11.3 Å². The standard InChI is InChI=1S/C18H20F2N4O2S/c1-2-14(21-15(25)8-10-6-12(19)9-13(20)7-10)16(26)22-18-24-23-17(27-18)11-4-3-5-11/h6-7,9,11,14H,2-5,8H2,1H3,(H,21,25)(H,22,24,26). The van der Waals surface area contributed by atoms with E-state index in [0.717, 1.165) is 36.0 Å². The van der Waals surface area contributed by atoms with Crippen LogP contribution in [-0.4, -0.2) is 28.1 Å². The summed E-state index contributed by atoms with van der Waals surface area (Å²) in [5.74, 6) is -1.95. The molecule has 144 valence electrons. The molecule has 6 nitrogen and oxygen atoms in total. The second kappa shape index (κ2) is 8.51. The number of amides is 2. The molecule has 0 spiro atoms. The Morgan fingerprint density at radius 2 is 1.93 bits per heavy atom. The molecule has 1 unspecified atom stereocenters. The lowest BCUT2D eigenvalue weighted by Gasteiger charge is -2.21. The summed E-state index contributed by atoms with van der Waals surface area (Å²) in [5, 5.41) is 14.7. The lowest BCUT2D eigenvalue weighted by molar-refractivity contribution is -0.126. The smallest absolute Gasteiger partial charge is 0.248 e. The first-order chi connectivity index (χ1) is 12.9. The van der Waals surface area contributed by atoms with Gasteiger partial charge in [-0.25, -0.2) is 8.78 Å². The summed E-state index contributed by atoms with van der Waals surface area (Å²) in [4.78, 5) is 24.5. The molecule has 0 radical (unpaired) electrons. The van der Waals surface area contributed by atoms with Crippen LogP contribution < -0.4 is 10.6 Å². The topological polar surface area (TPSA) is 84.0 Å². The van der Waals surface area contributed by atoms with Crippen LogP contribution in [0.15, 0.2) is 18.2 Å². The summed E-state index contributed by atoms with van der Waals surface area (Å²) in [7, 11) is 0. The van der Waals surface area contributed by atoms with Gasteiger partial charge in [0.2, 0.25) is 16.9 Å². The van der Waals surface area contributed by atoms with Gasteiger partial charge in [0.05, 0.1) is 6.42 Å². The van der Waals surface area contributed by atoms with E-state index in [0.29, 0.717) is 17.5 Å². The van der Waals surface area contributed by atoms with Gasteiger partial charge in [0.15, 0.2) is 0 Å². The van der Waals surface area contributed by atoms with Gasteiger partial charge in [-0.3, -0.25) is 14.9 Å². The molecule has 1 saturated carbocycles. The van der Waals surface area contributed by atoms with E-state index >= 15 is 0 Å². The van der Waals surface area contributed by atoms with Crippen molar-refractivity contribution in [3.63, 3.8) is 0 Å². The van der Waals surface area contributed by atoms with E-state index in [1.807, 2.05) is 0 Å². The zero-order chi connectivity index (χ0) is 19.4. The molecule has 0 bridgehead atoms. The number of anilines is 1. The fourth-order valence-electron chi connectivity index (χ4n) is 2.79. The van der Waals surface area contributed by atoms with Crippen molar-refractivity contribution in [3.8, 4) is 0 Å². The Bertz CT molecular complexity index is 818. The van der Waals surface area contributed by atoms with Gasteiger partial charge in [-0.15, -0.1) is 10.2 Å². The third-order valence-corrected chi connectivity index (χ3v) is 5.47. The summed E-state index contributed by atoms with van der Waals surface area (Å²) in [6.07, 6.45) is 3.52. The maximum absolute atomic E-state index is 13.2. The zero-order valence-corrected chi connectivity index (χ0v) is 15.6. The summed E-state index contributed by atoms with van der Waals surface area (Å²) in [6.45, 7) is 1.76. The molecule has 1 heterocycles. The quantitative estimate of drug-likeness (QED) is 0.756. The molecule has 1 fully saturated rings.